The number of benzene rings is 1. The summed E-state index contributed by atoms with van der Waals surface area (Å²) < 4.78 is 13.1. The number of nitrogens with one attached hydrogen (secondary N) is 1. The first-order valence-electron chi connectivity index (χ1n) is 13.4. The van der Waals surface area contributed by atoms with Gasteiger partial charge in [-0.1, -0.05) is 19.9 Å². The molecule has 7 nitrogen and oxygen atoms in total. The Hall–Kier alpha value is -2.90. The van der Waals surface area contributed by atoms with Gasteiger partial charge in [0.1, 0.15) is 5.82 Å². The topological polar surface area (TPSA) is 67.7 Å². The van der Waals surface area contributed by atoms with E-state index in [4.69, 9.17) is 9.47 Å². The molecule has 0 saturated carbocycles. The molecule has 1 aromatic carbocycles. The zero-order valence-corrected chi connectivity index (χ0v) is 21.9. The molecular weight excluding hydrogens is 450 g/mol. The summed E-state index contributed by atoms with van der Waals surface area (Å²) in [5, 5.41) is 5.88. The van der Waals surface area contributed by atoms with E-state index in [0.29, 0.717) is 17.9 Å². The van der Waals surface area contributed by atoms with Gasteiger partial charge in [0.2, 0.25) is 0 Å². The molecule has 6 rings (SSSR count). The number of likely N-dealkylation sites (tertiary alicyclic amines) is 1. The van der Waals surface area contributed by atoms with E-state index in [1.54, 1.807) is 7.11 Å². The number of fused-ring (bicyclic) bond motifs is 2. The number of nitrogens with zero attached hydrogens (tertiary/aromatic N) is 4. The fraction of sp³-hybridized carbons (Fsp3) is 0.517. The van der Waals surface area contributed by atoms with Crippen molar-refractivity contribution in [1.29, 1.82) is 0 Å². The lowest BCUT2D eigenvalue weighted by Crippen LogP contribution is -2.43. The molecule has 0 bridgehead atoms. The number of rotatable bonds is 5. The second kappa shape index (κ2) is 9.52. The minimum atomic E-state index is 0.374. The molecule has 0 atom stereocenters. The Morgan fingerprint density at radius 3 is 2.58 bits per heavy atom. The van der Waals surface area contributed by atoms with Crippen LogP contribution >= 0.6 is 0 Å². The van der Waals surface area contributed by atoms with Crippen molar-refractivity contribution >= 4 is 16.6 Å². The highest BCUT2D eigenvalue weighted by atomic mass is 16.5. The van der Waals surface area contributed by atoms with Crippen LogP contribution in [0.2, 0.25) is 0 Å². The average molecular weight is 488 g/mol. The summed E-state index contributed by atoms with van der Waals surface area (Å²) in [6, 6.07) is 9.86. The summed E-state index contributed by atoms with van der Waals surface area (Å²) in [4.78, 5) is 11.0. The number of ether oxygens (including phenoxy) is 2. The van der Waals surface area contributed by atoms with Crippen molar-refractivity contribution in [3.05, 3.63) is 47.4 Å². The smallest absolute Gasteiger partial charge is 0.198 e. The summed E-state index contributed by atoms with van der Waals surface area (Å²) >= 11 is 0. The quantitative estimate of drug-likeness (QED) is 0.392. The number of hydrogen-bond donors (Lipinski definition) is 1. The fourth-order valence-electron chi connectivity index (χ4n) is 6.31. The Bertz CT molecular complexity index is 1370. The highest BCUT2D eigenvalue weighted by Crippen LogP contribution is 2.39. The summed E-state index contributed by atoms with van der Waals surface area (Å²) in [6.07, 6.45) is 6.89. The van der Waals surface area contributed by atoms with Crippen molar-refractivity contribution in [2.75, 3.05) is 33.4 Å². The largest absolute Gasteiger partial charge is 0.493 e. The van der Waals surface area contributed by atoms with Gasteiger partial charge in [0, 0.05) is 41.9 Å². The Labute approximate surface area is 212 Å². The molecule has 36 heavy (non-hydrogen) atoms. The molecule has 2 saturated heterocycles. The third-order valence-electron chi connectivity index (χ3n) is 8.16. The Balaban J connectivity index is 1.33. The van der Waals surface area contributed by atoms with Gasteiger partial charge in [-0.2, -0.15) is 5.10 Å². The molecule has 7 heteroatoms. The Morgan fingerprint density at radius 1 is 1.08 bits per heavy atom. The van der Waals surface area contributed by atoms with E-state index in [2.05, 4.69) is 64.3 Å². The zero-order valence-electron chi connectivity index (χ0n) is 21.9. The molecule has 0 aliphatic carbocycles. The van der Waals surface area contributed by atoms with Gasteiger partial charge in [0.25, 0.3) is 0 Å². The molecule has 0 amide bonds. The molecule has 5 heterocycles. The molecule has 4 aromatic rings. The first-order valence-corrected chi connectivity index (χ1v) is 13.4. The third kappa shape index (κ3) is 4.18. The lowest BCUT2D eigenvalue weighted by Gasteiger charge is -2.39. The normalized spacial score (nSPS) is 18.6. The standard InChI is InChI=1S/C29H37N5O2/c1-18(2)27-24-15-21(20-7-11-33(12-8-20)23-9-13-36-14-10-23)5-6-25(24)31-28(27)22-16-26(35-4)29-30-19(3)32-34(29)17-22/h5-6,15-18,20,23,31H,7-14H2,1-4H3. The van der Waals surface area contributed by atoms with Gasteiger partial charge in [-0.05, 0) is 86.9 Å². The van der Waals surface area contributed by atoms with Gasteiger partial charge in [-0.25, -0.2) is 9.50 Å². The van der Waals surface area contributed by atoms with Crippen LogP contribution < -0.4 is 4.74 Å². The minimum Gasteiger partial charge on any atom is -0.493 e. The monoisotopic (exact) mass is 487 g/mol. The van der Waals surface area contributed by atoms with E-state index < -0.39 is 0 Å². The number of piperidine rings is 1. The molecule has 190 valence electrons. The van der Waals surface area contributed by atoms with E-state index in [1.807, 2.05) is 11.4 Å². The van der Waals surface area contributed by atoms with Crippen LogP contribution in [0, 0.1) is 6.92 Å². The minimum absolute atomic E-state index is 0.374. The average Bonchev–Trinajstić information content (AvgIpc) is 3.48. The fourth-order valence-corrected chi connectivity index (χ4v) is 6.31. The highest BCUT2D eigenvalue weighted by Gasteiger charge is 2.28. The molecular formula is C29H37N5O2. The van der Waals surface area contributed by atoms with Crippen molar-refractivity contribution in [2.45, 2.75) is 64.3 Å². The molecule has 2 fully saturated rings. The maximum atomic E-state index is 5.68. The molecule has 0 radical (unpaired) electrons. The van der Waals surface area contributed by atoms with Crippen LogP contribution in [0.4, 0.5) is 0 Å². The second-order valence-electron chi connectivity index (χ2n) is 10.8. The van der Waals surface area contributed by atoms with E-state index in [-0.39, 0.29) is 0 Å². The first-order chi connectivity index (χ1) is 17.5. The lowest BCUT2D eigenvalue weighted by atomic mass is 9.86. The van der Waals surface area contributed by atoms with Crippen LogP contribution in [-0.4, -0.2) is 63.9 Å². The van der Waals surface area contributed by atoms with Crippen molar-refractivity contribution in [2.24, 2.45) is 0 Å². The second-order valence-corrected chi connectivity index (χ2v) is 10.8. The van der Waals surface area contributed by atoms with E-state index in [1.165, 1.54) is 60.8 Å². The molecule has 0 spiro atoms. The maximum Gasteiger partial charge on any atom is 0.198 e. The van der Waals surface area contributed by atoms with Crippen LogP contribution in [0.1, 0.15) is 68.3 Å². The zero-order chi connectivity index (χ0) is 24.8. The summed E-state index contributed by atoms with van der Waals surface area (Å²) in [7, 11) is 1.69. The predicted molar refractivity (Wildman–Crippen MR) is 143 cm³/mol. The van der Waals surface area contributed by atoms with Crippen molar-refractivity contribution < 1.29 is 9.47 Å². The number of aromatic amines is 1. The van der Waals surface area contributed by atoms with Gasteiger partial charge < -0.3 is 19.4 Å². The van der Waals surface area contributed by atoms with E-state index >= 15 is 0 Å². The SMILES string of the molecule is COc1cc(-c2[nH]c3ccc(C4CCN(C5CCOCC5)CC4)cc3c2C(C)C)cn2nc(C)nc12. The summed E-state index contributed by atoms with van der Waals surface area (Å²) in [5.74, 6) is 2.47. The van der Waals surface area contributed by atoms with Crippen molar-refractivity contribution in [3.63, 3.8) is 0 Å². The van der Waals surface area contributed by atoms with Crippen LogP contribution in [0.25, 0.3) is 27.8 Å². The number of methoxy groups -OCH3 is 1. The van der Waals surface area contributed by atoms with Gasteiger partial charge in [0.15, 0.2) is 11.4 Å². The molecule has 2 aliphatic heterocycles. The van der Waals surface area contributed by atoms with Crippen LogP contribution in [0.3, 0.4) is 0 Å². The van der Waals surface area contributed by atoms with Crippen LogP contribution in [-0.2, 0) is 4.74 Å². The number of H-pyrrole nitrogens is 1. The Kier molecular flexibility index (Phi) is 6.21. The number of hydrogen-bond acceptors (Lipinski definition) is 5. The maximum absolute atomic E-state index is 5.68. The van der Waals surface area contributed by atoms with E-state index in [9.17, 15) is 0 Å². The van der Waals surface area contributed by atoms with Gasteiger partial charge >= 0.3 is 0 Å². The number of pyridine rings is 1. The number of aryl methyl sites for hydroxylation is 1. The van der Waals surface area contributed by atoms with Crippen LogP contribution in [0.5, 0.6) is 5.75 Å². The lowest BCUT2D eigenvalue weighted by molar-refractivity contribution is 0.0252. The molecule has 3 aromatic heterocycles. The molecule has 1 N–H and O–H groups in total. The summed E-state index contributed by atoms with van der Waals surface area (Å²) in [6.45, 7) is 10.7. The van der Waals surface area contributed by atoms with Crippen molar-refractivity contribution in [1.82, 2.24) is 24.5 Å². The third-order valence-corrected chi connectivity index (χ3v) is 8.16. The number of aromatic nitrogens is 4. The van der Waals surface area contributed by atoms with Gasteiger partial charge in [-0.15, -0.1) is 0 Å². The Morgan fingerprint density at radius 2 is 1.86 bits per heavy atom. The van der Waals surface area contributed by atoms with Gasteiger partial charge in [0.05, 0.1) is 12.8 Å². The predicted octanol–water partition coefficient (Wildman–Crippen LogP) is 5.68. The summed E-state index contributed by atoms with van der Waals surface area (Å²) in [5.41, 5.74) is 6.96. The van der Waals surface area contributed by atoms with E-state index in [0.717, 1.165) is 41.7 Å². The molecule has 0 unspecified atom stereocenters. The highest BCUT2D eigenvalue weighted by molar-refractivity contribution is 5.92. The molecule has 2 aliphatic rings. The van der Waals surface area contributed by atoms with Crippen LogP contribution in [0.15, 0.2) is 30.5 Å². The first kappa shape index (κ1) is 23.5. The van der Waals surface area contributed by atoms with Gasteiger partial charge in [-0.3, -0.25) is 0 Å². The van der Waals surface area contributed by atoms with Crippen molar-refractivity contribution in [3.8, 4) is 17.0 Å².